The number of hydrogen-bond acceptors (Lipinski definition) is 1. The molecular formula is C14H21FIN3. The number of nitrogens with zero attached hydrogens (tertiary/aromatic N) is 2. The normalized spacial score (nSPS) is 16.5. The van der Waals surface area contributed by atoms with Crippen molar-refractivity contribution in [3.05, 3.63) is 35.6 Å². The Hall–Kier alpha value is -0.850. The standard InChI is InChI=1S/C14H20FN3.HI/c1-16-13(18(2)3)17-10-14(8-9-14)11-6-4-5-7-12(11)15;/h4-7H,8-10H2,1-3H3,(H,16,17);1H. The SMILES string of the molecule is CN=C(NCC1(c2ccccc2F)CC1)N(C)C.I. The quantitative estimate of drug-likeness (QED) is 0.498. The maximum atomic E-state index is 13.8. The number of hydrogen-bond donors (Lipinski definition) is 1. The summed E-state index contributed by atoms with van der Waals surface area (Å²) >= 11 is 0. The van der Waals surface area contributed by atoms with Crippen LogP contribution in [0.25, 0.3) is 0 Å². The minimum atomic E-state index is -0.100. The molecule has 0 amide bonds. The average molecular weight is 377 g/mol. The van der Waals surface area contributed by atoms with Crippen molar-refractivity contribution in [2.45, 2.75) is 18.3 Å². The molecule has 1 aromatic rings. The third-order valence-electron chi connectivity index (χ3n) is 3.52. The van der Waals surface area contributed by atoms with E-state index in [2.05, 4.69) is 10.3 Å². The summed E-state index contributed by atoms with van der Waals surface area (Å²) in [5.74, 6) is 0.731. The Labute approximate surface area is 131 Å². The predicted octanol–water partition coefficient (Wildman–Crippen LogP) is 2.61. The first-order valence-corrected chi connectivity index (χ1v) is 6.22. The van der Waals surface area contributed by atoms with Gasteiger partial charge in [0.15, 0.2) is 5.96 Å². The van der Waals surface area contributed by atoms with Crippen molar-refractivity contribution in [2.24, 2.45) is 4.99 Å². The predicted molar refractivity (Wildman–Crippen MR) is 87.8 cm³/mol. The number of benzene rings is 1. The minimum absolute atomic E-state index is 0. The first-order valence-electron chi connectivity index (χ1n) is 6.22. The summed E-state index contributed by atoms with van der Waals surface area (Å²) < 4.78 is 13.8. The van der Waals surface area contributed by atoms with E-state index in [9.17, 15) is 4.39 Å². The van der Waals surface area contributed by atoms with E-state index in [0.717, 1.165) is 30.9 Å². The second-order valence-corrected chi connectivity index (χ2v) is 5.06. The van der Waals surface area contributed by atoms with Crippen molar-refractivity contribution in [3.63, 3.8) is 0 Å². The second kappa shape index (κ2) is 6.54. The molecule has 1 fully saturated rings. The highest BCUT2D eigenvalue weighted by Gasteiger charge is 2.45. The molecule has 0 saturated heterocycles. The van der Waals surface area contributed by atoms with E-state index in [-0.39, 0.29) is 35.2 Å². The van der Waals surface area contributed by atoms with Crippen LogP contribution in [0.2, 0.25) is 0 Å². The van der Waals surface area contributed by atoms with Crippen LogP contribution >= 0.6 is 24.0 Å². The first kappa shape index (κ1) is 16.2. The maximum Gasteiger partial charge on any atom is 0.193 e. The van der Waals surface area contributed by atoms with Crippen molar-refractivity contribution in [1.29, 1.82) is 0 Å². The van der Waals surface area contributed by atoms with E-state index in [1.807, 2.05) is 31.1 Å². The van der Waals surface area contributed by atoms with Crippen LogP contribution in [0, 0.1) is 5.82 Å². The third-order valence-corrected chi connectivity index (χ3v) is 3.52. The molecule has 1 N–H and O–H groups in total. The van der Waals surface area contributed by atoms with Gasteiger partial charge in [-0.15, -0.1) is 24.0 Å². The number of aliphatic imine (C=N–C) groups is 1. The van der Waals surface area contributed by atoms with Gasteiger partial charge in [0, 0.05) is 33.1 Å². The van der Waals surface area contributed by atoms with Gasteiger partial charge in [0.1, 0.15) is 5.82 Å². The lowest BCUT2D eigenvalue weighted by atomic mass is 9.95. The highest BCUT2D eigenvalue weighted by atomic mass is 127. The number of halogens is 2. The van der Waals surface area contributed by atoms with Crippen LogP contribution in [0.3, 0.4) is 0 Å². The van der Waals surface area contributed by atoms with Gasteiger partial charge in [-0.05, 0) is 24.5 Å². The van der Waals surface area contributed by atoms with Gasteiger partial charge in [-0.1, -0.05) is 18.2 Å². The molecule has 0 bridgehead atoms. The summed E-state index contributed by atoms with van der Waals surface area (Å²) in [7, 11) is 5.64. The zero-order valence-electron chi connectivity index (χ0n) is 11.6. The largest absolute Gasteiger partial charge is 0.355 e. The maximum absolute atomic E-state index is 13.8. The lowest BCUT2D eigenvalue weighted by Gasteiger charge is -2.22. The Bertz CT molecular complexity index is 456. The molecule has 5 heteroatoms. The number of guanidine groups is 1. The Balaban J connectivity index is 0.00000180. The molecule has 3 nitrogen and oxygen atoms in total. The Kier molecular flexibility index (Phi) is 5.58. The van der Waals surface area contributed by atoms with Crippen LogP contribution in [0.15, 0.2) is 29.3 Å². The summed E-state index contributed by atoms with van der Waals surface area (Å²) in [6.07, 6.45) is 2.07. The summed E-state index contributed by atoms with van der Waals surface area (Å²) in [6, 6.07) is 7.07. The molecule has 1 saturated carbocycles. The van der Waals surface area contributed by atoms with Crippen LogP contribution in [0.5, 0.6) is 0 Å². The number of nitrogens with one attached hydrogen (secondary N) is 1. The molecule has 2 rings (SSSR count). The molecule has 19 heavy (non-hydrogen) atoms. The van der Waals surface area contributed by atoms with Gasteiger partial charge < -0.3 is 10.2 Å². The topological polar surface area (TPSA) is 27.6 Å². The summed E-state index contributed by atoms with van der Waals surface area (Å²) in [6.45, 7) is 0.735. The Morgan fingerprint density at radius 1 is 1.37 bits per heavy atom. The molecule has 0 aromatic heterocycles. The summed E-state index contributed by atoms with van der Waals surface area (Å²) in [5, 5.41) is 3.31. The Morgan fingerprint density at radius 3 is 2.47 bits per heavy atom. The van der Waals surface area contributed by atoms with Gasteiger partial charge in [-0.25, -0.2) is 4.39 Å². The molecule has 0 unspecified atom stereocenters. The second-order valence-electron chi connectivity index (χ2n) is 5.06. The van der Waals surface area contributed by atoms with Crippen LogP contribution in [-0.4, -0.2) is 38.5 Å². The minimum Gasteiger partial charge on any atom is -0.355 e. The molecule has 1 aromatic carbocycles. The van der Waals surface area contributed by atoms with E-state index in [1.165, 1.54) is 6.07 Å². The fraction of sp³-hybridized carbons (Fsp3) is 0.500. The fourth-order valence-electron chi connectivity index (χ4n) is 2.27. The van der Waals surface area contributed by atoms with Gasteiger partial charge in [-0.2, -0.15) is 0 Å². The van der Waals surface area contributed by atoms with Crippen LogP contribution in [-0.2, 0) is 5.41 Å². The highest BCUT2D eigenvalue weighted by molar-refractivity contribution is 14.0. The molecule has 1 aliphatic rings. The fourth-order valence-corrected chi connectivity index (χ4v) is 2.27. The van der Waals surface area contributed by atoms with Gasteiger partial charge >= 0.3 is 0 Å². The van der Waals surface area contributed by atoms with Crippen molar-refractivity contribution < 1.29 is 4.39 Å². The third kappa shape index (κ3) is 3.58. The zero-order chi connectivity index (χ0) is 13.2. The van der Waals surface area contributed by atoms with Crippen molar-refractivity contribution in [3.8, 4) is 0 Å². The van der Waals surface area contributed by atoms with Crippen LogP contribution < -0.4 is 5.32 Å². The van der Waals surface area contributed by atoms with Crippen LogP contribution in [0.1, 0.15) is 18.4 Å². The molecule has 1 aliphatic carbocycles. The summed E-state index contributed by atoms with van der Waals surface area (Å²) in [5.41, 5.74) is 0.781. The van der Waals surface area contributed by atoms with Crippen molar-refractivity contribution in [2.75, 3.05) is 27.7 Å². The van der Waals surface area contributed by atoms with Gasteiger partial charge in [-0.3, -0.25) is 4.99 Å². The summed E-state index contributed by atoms with van der Waals surface area (Å²) in [4.78, 5) is 6.10. The molecule has 0 radical (unpaired) electrons. The van der Waals surface area contributed by atoms with Crippen molar-refractivity contribution in [1.82, 2.24) is 10.2 Å². The zero-order valence-corrected chi connectivity index (χ0v) is 13.9. The molecule has 0 heterocycles. The lowest BCUT2D eigenvalue weighted by Crippen LogP contribution is -2.40. The Morgan fingerprint density at radius 2 is 2.00 bits per heavy atom. The van der Waals surface area contributed by atoms with E-state index < -0.39 is 0 Å². The smallest absolute Gasteiger partial charge is 0.193 e. The lowest BCUT2D eigenvalue weighted by molar-refractivity contribution is 0.536. The monoisotopic (exact) mass is 377 g/mol. The number of rotatable bonds is 3. The van der Waals surface area contributed by atoms with E-state index in [0.29, 0.717) is 0 Å². The molecule has 0 aliphatic heterocycles. The van der Waals surface area contributed by atoms with E-state index in [4.69, 9.17) is 0 Å². The van der Waals surface area contributed by atoms with Gasteiger partial charge in [0.05, 0.1) is 0 Å². The molecule has 0 spiro atoms. The van der Waals surface area contributed by atoms with Crippen LogP contribution in [0.4, 0.5) is 4.39 Å². The van der Waals surface area contributed by atoms with Gasteiger partial charge in [0.2, 0.25) is 0 Å². The van der Waals surface area contributed by atoms with E-state index in [1.54, 1.807) is 13.1 Å². The first-order chi connectivity index (χ1) is 8.59. The molecular weight excluding hydrogens is 356 g/mol. The average Bonchev–Trinajstić information content (AvgIpc) is 3.11. The molecule has 0 atom stereocenters. The van der Waals surface area contributed by atoms with Crippen molar-refractivity contribution >= 4 is 29.9 Å². The molecule has 106 valence electrons. The van der Waals surface area contributed by atoms with Gasteiger partial charge in [0.25, 0.3) is 0 Å². The highest BCUT2D eigenvalue weighted by Crippen LogP contribution is 2.48. The van der Waals surface area contributed by atoms with E-state index >= 15 is 0 Å².